The summed E-state index contributed by atoms with van der Waals surface area (Å²) in [5.74, 6) is -0.0534. The molecule has 8 heteroatoms. The average molecular weight is 413 g/mol. The van der Waals surface area contributed by atoms with E-state index in [4.69, 9.17) is 23.2 Å². The Labute approximate surface area is 163 Å². The van der Waals surface area contributed by atoms with Crippen molar-refractivity contribution in [2.24, 2.45) is 0 Å². The second kappa shape index (κ2) is 7.19. The van der Waals surface area contributed by atoms with Gasteiger partial charge in [-0.25, -0.2) is 13.1 Å². The third-order valence-electron chi connectivity index (χ3n) is 4.38. The van der Waals surface area contributed by atoms with Crippen LogP contribution in [0.25, 0.3) is 0 Å². The van der Waals surface area contributed by atoms with Crippen LogP contribution in [0, 0.1) is 0 Å². The van der Waals surface area contributed by atoms with Crippen LogP contribution in [0.5, 0.6) is 0 Å². The molecule has 0 bridgehead atoms. The predicted octanol–water partition coefficient (Wildman–Crippen LogP) is 3.77. The molecule has 2 aromatic carbocycles. The van der Waals surface area contributed by atoms with Crippen molar-refractivity contribution < 1.29 is 13.2 Å². The molecule has 1 heterocycles. The van der Waals surface area contributed by atoms with E-state index < -0.39 is 10.0 Å². The Bertz CT molecular complexity index is 976. The minimum Gasteiger partial charge on any atom is -0.309 e. The number of carbonyl (C=O) groups is 1. The van der Waals surface area contributed by atoms with Gasteiger partial charge in [-0.15, -0.1) is 0 Å². The van der Waals surface area contributed by atoms with E-state index in [0.29, 0.717) is 22.0 Å². The highest BCUT2D eigenvalue weighted by atomic mass is 35.5. The lowest BCUT2D eigenvalue weighted by Gasteiger charge is -2.20. The Morgan fingerprint density at radius 3 is 2.62 bits per heavy atom. The molecule has 0 saturated heterocycles. The number of carbonyl (C=O) groups excluding carboxylic acids is 1. The average Bonchev–Trinajstić information content (AvgIpc) is 2.89. The largest absolute Gasteiger partial charge is 0.309 e. The summed E-state index contributed by atoms with van der Waals surface area (Å²) in [5, 5.41) is 0.893. The fraction of sp³-hybridized carbons (Fsp3) is 0.278. The monoisotopic (exact) mass is 412 g/mol. The summed E-state index contributed by atoms with van der Waals surface area (Å²) in [6.07, 6.45) is 0.626. The lowest BCUT2D eigenvalue weighted by molar-refractivity contribution is -0.116. The topological polar surface area (TPSA) is 66.5 Å². The molecule has 0 aromatic heterocycles. The van der Waals surface area contributed by atoms with Crippen LogP contribution in [-0.2, 0) is 27.8 Å². The zero-order chi connectivity index (χ0) is 19.1. The Morgan fingerprint density at radius 2 is 1.96 bits per heavy atom. The number of amides is 1. The number of hydrogen-bond donors (Lipinski definition) is 1. The number of nitrogens with one attached hydrogen (secondary N) is 1. The Hall–Kier alpha value is -1.60. The quantitative estimate of drug-likeness (QED) is 0.830. The van der Waals surface area contributed by atoms with Crippen LogP contribution in [0.1, 0.15) is 25.0 Å². The SMILES string of the molecule is CC(=O)N1c2ccc(S(=O)(=O)NCc3ccc(Cl)cc3Cl)cc2CC1C. The summed E-state index contributed by atoms with van der Waals surface area (Å²) in [7, 11) is -3.71. The first kappa shape index (κ1) is 19.2. The van der Waals surface area contributed by atoms with E-state index in [1.807, 2.05) is 6.92 Å². The zero-order valence-electron chi connectivity index (χ0n) is 14.3. The van der Waals surface area contributed by atoms with E-state index in [1.165, 1.54) is 13.0 Å². The molecular weight excluding hydrogens is 395 g/mol. The first-order chi connectivity index (χ1) is 12.2. The molecule has 26 heavy (non-hydrogen) atoms. The first-order valence-corrected chi connectivity index (χ1v) is 10.3. The van der Waals surface area contributed by atoms with Gasteiger partial charge in [-0.1, -0.05) is 29.3 Å². The van der Waals surface area contributed by atoms with Crippen molar-refractivity contribution in [1.29, 1.82) is 0 Å². The molecule has 2 aromatic rings. The maximum Gasteiger partial charge on any atom is 0.240 e. The molecule has 1 N–H and O–H groups in total. The van der Waals surface area contributed by atoms with E-state index in [1.54, 1.807) is 35.2 Å². The number of anilines is 1. The molecule has 1 aliphatic rings. The van der Waals surface area contributed by atoms with Crippen molar-refractivity contribution in [3.63, 3.8) is 0 Å². The number of sulfonamides is 1. The second-order valence-electron chi connectivity index (χ2n) is 6.29. The highest BCUT2D eigenvalue weighted by Gasteiger charge is 2.30. The van der Waals surface area contributed by atoms with Gasteiger partial charge in [0.25, 0.3) is 0 Å². The van der Waals surface area contributed by atoms with Crippen LogP contribution in [0.15, 0.2) is 41.3 Å². The zero-order valence-corrected chi connectivity index (χ0v) is 16.6. The van der Waals surface area contributed by atoms with Crippen molar-refractivity contribution in [3.8, 4) is 0 Å². The Morgan fingerprint density at radius 1 is 1.23 bits per heavy atom. The van der Waals surface area contributed by atoms with Gasteiger partial charge in [0.1, 0.15) is 0 Å². The van der Waals surface area contributed by atoms with Crippen molar-refractivity contribution in [3.05, 3.63) is 57.6 Å². The summed E-state index contributed by atoms with van der Waals surface area (Å²) in [5.41, 5.74) is 2.25. The third-order valence-corrected chi connectivity index (χ3v) is 6.37. The fourth-order valence-electron chi connectivity index (χ4n) is 3.18. The van der Waals surface area contributed by atoms with Crippen LogP contribution >= 0.6 is 23.2 Å². The van der Waals surface area contributed by atoms with E-state index in [-0.39, 0.29) is 23.4 Å². The smallest absolute Gasteiger partial charge is 0.240 e. The predicted molar refractivity (Wildman–Crippen MR) is 103 cm³/mol. The van der Waals surface area contributed by atoms with Crippen LogP contribution in [0.2, 0.25) is 10.0 Å². The molecule has 1 aliphatic heterocycles. The number of benzene rings is 2. The minimum absolute atomic E-state index is 0.0151. The first-order valence-electron chi connectivity index (χ1n) is 8.05. The Balaban J connectivity index is 1.82. The molecule has 0 fully saturated rings. The van der Waals surface area contributed by atoms with Gasteiger partial charge in [0.2, 0.25) is 15.9 Å². The number of fused-ring (bicyclic) bond motifs is 1. The van der Waals surface area contributed by atoms with Crippen LogP contribution in [0.4, 0.5) is 5.69 Å². The molecule has 0 spiro atoms. The lowest BCUT2D eigenvalue weighted by atomic mass is 10.1. The summed E-state index contributed by atoms with van der Waals surface area (Å²) < 4.78 is 27.8. The van der Waals surface area contributed by atoms with Gasteiger partial charge < -0.3 is 4.90 Å². The fourth-order valence-corrected chi connectivity index (χ4v) is 4.71. The molecule has 5 nitrogen and oxygen atoms in total. The van der Waals surface area contributed by atoms with E-state index >= 15 is 0 Å². The molecule has 3 rings (SSSR count). The maximum absolute atomic E-state index is 12.6. The van der Waals surface area contributed by atoms with Gasteiger partial charge >= 0.3 is 0 Å². The summed E-state index contributed by atoms with van der Waals surface area (Å²) >= 11 is 11.9. The van der Waals surface area contributed by atoms with E-state index in [0.717, 1.165) is 11.3 Å². The van der Waals surface area contributed by atoms with Crippen molar-refractivity contribution >= 4 is 44.8 Å². The lowest BCUT2D eigenvalue weighted by Crippen LogP contribution is -2.33. The van der Waals surface area contributed by atoms with Gasteiger partial charge in [0.05, 0.1) is 4.90 Å². The maximum atomic E-state index is 12.6. The second-order valence-corrected chi connectivity index (χ2v) is 8.90. The number of nitrogens with zero attached hydrogens (tertiary/aromatic N) is 1. The van der Waals surface area contributed by atoms with Gasteiger partial charge in [-0.2, -0.15) is 0 Å². The van der Waals surface area contributed by atoms with Crippen molar-refractivity contribution in [2.75, 3.05) is 4.90 Å². The highest BCUT2D eigenvalue weighted by Crippen LogP contribution is 2.34. The van der Waals surface area contributed by atoms with Gasteiger partial charge in [-0.05, 0) is 54.8 Å². The molecule has 1 amide bonds. The molecule has 1 atom stereocenters. The normalized spacial score (nSPS) is 16.6. The molecular formula is C18H18Cl2N2O3S. The molecule has 0 radical (unpaired) electrons. The molecule has 0 aliphatic carbocycles. The number of hydrogen-bond acceptors (Lipinski definition) is 3. The van der Waals surface area contributed by atoms with E-state index in [2.05, 4.69) is 4.72 Å². The highest BCUT2D eigenvalue weighted by molar-refractivity contribution is 7.89. The molecule has 0 saturated carbocycles. The van der Waals surface area contributed by atoms with E-state index in [9.17, 15) is 13.2 Å². The third kappa shape index (κ3) is 3.74. The molecule has 138 valence electrons. The minimum atomic E-state index is -3.71. The number of rotatable bonds is 4. The van der Waals surface area contributed by atoms with Crippen molar-refractivity contribution in [1.82, 2.24) is 4.72 Å². The summed E-state index contributed by atoms with van der Waals surface area (Å²) in [6, 6.07) is 9.75. The van der Waals surface area contributed by atoms with Crippen LogP contribution in [-0.4, -0.2) is 20.4 Å². The standard InChI is InChI=1S/C18H18Cl2N2O3S/c1-11-7-14-8-16(5-6-18(14)22(11)12(2)23)26(24,25)21-10-13-3-4-15(19)9-17(13)20/h3-6,8-9,11,21H,7,10H2,1-2H3. The Kier molecular flexibility index (Phi) is 5.30. The summed E-state index contributed by atoms with van der Waals surface area (Å²) in [4.78, 5) is 13.6. The summed E-state index contributed by atoms with van der Waals surface area (Å²) in [6.45, 7) is 3.51. The van der Waals surface area contributed by atoms with Gasteiger partial charge in [0, 0.05) is 35.2 Å². The molecule has 1 unspecified atom stereocenters. The van der Waals surface area contributed by atoms with Crippen molar-refractivity contribution in [2.45, 2.75) is 37.8 Å². The van der Waals surface area contributed by atoms with Crippen LogP contribution in [0.3, 0.4) is 0 Å². The number of halogens is 2. The van der Waals surface area contributed by atoms with Crippen LogP contribution < -0.4 is 9.62 Å². The van der Waals surface area contributed by atoms with Gasteiger partial charge in [-0.3, -0.25) is 4.79 Å². The van der Waals surface area contributed by atoms with Gasteiger partial charge in [0.15, 0.2) is 0 Å².